The monoisotopic (exact) mass is 269 g/mol. The molecule has 8 heteroatoms. The third kappa shape index (κ3) is 2.92. The number of nitrogens with one attached hydrogen (secondary N) is 1. The Labute approximate surface area is 109 Å². The fraction of sp³-hybridized carbons (Fsp3) is 0.455. The summed E-state index contributed by atoms with van der Waals surface area (Å²) in [5.41, 5.74) is 5.26. The third-order valence-corrected chi connectivity index (χ3v) is 2.89. The average molecular weight is 269 g/mol. The Bertz CT molecular complexity index is 448. The van der Waals surface area contributed by atoms with Crippen molar-refractivity contribution in [2.45, 2.75) is 24.9 Å². The molecule has 2 rings (SSSR count). The number of allylic oxidation sites excluding steroid dienone is 1. The van der Waals surface area contributed by atoms with Gasteiger partial charge >= 0.3 is 6.03 Å². The van der Waals surface area contributed by atoms with Crippen LogP contribution in [0.2, 0.25) is 0 Å². The third-order valence-electron chi connectivity index (χ3n) is 2.89. The van der Waals surface area contributed by atoms with Crippen molar-refractivity contribution < 1.29 is 24.5 Å². The number of hydrogen-bond acceptors (Lipinski definition) is 5. The highest BCUT2D eigenvalue weighted by Gasteiger charge is 2.38. The van der Waals surface area contributed by atoms with Gasteiger partial charge in [-0.3, -0.25) is 9.69 Å². The lowest BCUT2D eigenvalue weighted by Crippen LogP contribution is -2.45. The first-order valence-corrected chi connectivity index (χ1v) is 5.74. The summed E-state index contributed by atoms with van der Waals surface area (Å²) < 4.78 is 5.35. The molecule has 0 aromatic carbocycles. The van der Waals surface area contributed by atoms with E-state index in [9.17, 15) is 14.7 Å². The highest BCUT2D eigenvalue weighted by Crippen LogP contribution is 2.24. The summed E-state index contributed by atoms with van der Waals surface area (Å²) in [6, 6.07) is -0.495. The zero-order chi connectivity index (χ0) is 14.0. The lowest BCUT2D eigenvalue weighted by molar-refractivity contribution is -0.113. The number of primary amides is 1. The van der Waals surface area contributed by atoms with Crippen LogP contribution in [0.1, 0.15) is 6.42 Å². The molecular weight excluding hydrogens is 254 g/mol. The van der Waals surface area contributed by atoms with Gasteiger partial charge in [0.1, 0.15) is 12.3 Å². The maximum Gasteiger partial charge on any atom is 0.327 e. The molecule has 0 saturated carbocycles. The Morgan fingerprint density at radius 2 is 2.42 bits per heavy atom. The van der Waals surface area contributed by atoms with E-state index >= 15 is 0 Å². The van der Waals surface area contributed by atoms with Gasteiger partial charge in [-0.1, -0.05) is 0 Å². The molecule has 0 bridgehead atoms. The van der Waals surface area contributed by atoms with Gasteiger partial charge in [0, 0.05) is 24.4 Å². The molecule has 8 nitrogen and oxygen atoms in total. The van der Waals surface area contributed by atoms with Gasteiger partial charge in [0.2, 0.25) is 5.91 Å². The standard InChI is InChI=1S/C11H15N3O5/c12-9(17)3-6-1-2-14(11(18)13-6)10-4-7(16)8(5-15)19-10/h1-3,7-8,10,15-16H,4-5H2,(H2,12,17)(H,13,18)/b6-3+/t7-,8+,10-/m0/s1. The number of amides is 3. The minimum atomic E-state index is -0.821. The van der Waals surface area contributed by atoms with Gasteiger partial charge in [0.05, 0.1) is 12.7 Å². The van der Waals surface area contributed by atoms with Crippen LogP contribution < -0.4 is 11.1 Å². The number of rotatable bonds is 3. The number of urea groups is 1. The minimum Gasteiger partial charge on any atom is -0.394 e. The van der Waals surface area contributed by atoms with Gasteiger partial charge in [-0.15, -0.1) is 0 Å². The fourth-order valence-electron chi connectivity index (χ4n) is 1.97. The molecule has 2 heterocycles. The zero-order valence-electron chi connectivity index (χ0n) is 10.0. The lowest BCUT2D eigenvalue weighted by Gasteiger charge is -2.28. The molecule has 0 unspecified atom stereocenters. The zero-order valence-corrected chi connectivity index (χ0v) is 10.0. The molecular formula is C11H15N3O5. The van der Waals surface area contributed by atoms with E-state index in [2.05, 4.69) is 5.32 Å². The van der Waals surface area contributed by atoms with Crippen LogP contribution in [0.25, 0.3) is 0 Å². The molecule has 2 aliphatic rings. The van der Waals surface area contributed by atoms with Crippen LogP contribution in [0.15, 0.2) is 24.0 Å². The van der Waals surface area contributed by atoms with Crippen LogP contribution in [-0.2, 0) is 9.53 Å². The Hall–Kier alpha value is -1.90. The van der Waals surface area contributed by atoms with E-state index in [4.69, 9.17) is 15.6 Å². The Morgan fingerprint density at radius 1 is 1.68 bits per heavy atom. The maximum absolute atomic E-state index is 11.8. The summed E-state index contributed by atoms with van der Waals surface area (Å²) in [4.78, 5) is 23.8. The van der Waals surface area contributed by atoms with E-state index in [1.165, 1.54) is 17.2 Å². The van der Waals surface area contributed by atoms with E-state index in [0.717, 1.165) is 6.08 Å². The molecule has 3 amide bonds. The van der Waals surface area contributed by atoms with Crippen LogP contribution in [0, 0.1) is 0 Å². The molecule has 0 aromatic rings. The molecule has 1 fully saturated rings. The molecule has 3 atom stereocenters. The van der Waals surface area contributed by atoms with Crippen molar-refractivity contribution in [3.63, 3.8) is 0 Å². The maximum atomic E-state index is 11.8. The van der Waals surface area contributed by atoms with Crippen LogP contribution in [0.4, 0.5) is 4.79 Å². The van der Waals surface area contributed by atoms with Gasteiger partial charge < -0.3 is 26.0 Å². The predicted octanol–water partition coefficient (Wildman–Crippen LogP) is -1.64. The predicted molar refractivity (Wildman–Crippen MR) is 63.2 cm³/mol. The molecule has 0 aromatic heterocycles. The van der Waals surface area contributed by atoms with Gasteiger partial charge in [-0.05, 0) is 6.08 Å². The topological polar surface area (TPSA) is 125 Å². The summed E-state index contributed by atoms with van der Waals surface area (Å²) in [6.07, 6.45) is 2.05. The van der Waals surface area contributed by atoms with Crippen molar-refractivity contribution >= 4 is 11.9 Å². The van der Waals surface area contributed by atoms with Crippen LogP contribution >= 0.6 is 0 Å². The molecule has 19 heavy (non-hydrogen) atoms. The highest BCUT2D eigenvalue weighted by atomic mass is 16.5. The van der Waals surface area contributed by atoms with Crippen molar-refractivity contribution in [1.29, 1.82) is 0 Å². The van der Waals surface area contributed by atoms with E-state index in [0.29, 0.717) is 0 Å². The molecule has 0 aliphatic carbocycles. The quantitative estimate of drug-likeness (QED) is 0.457. The molecule has 0 radical (unpaired) electrons. The number of ether oxygens (including phenoxy) is 1. The second-order valence-corrected chi connectivity index (χ2v) is 4.27. The van der Waals surface area contributed by atoms with E-state index in [-0.39, 0.29) is 18.7 Å². The van der Waals surface area contributed by atoms with E-state index < -0.39 is 30.4 Å². The van der Waals surface area contributed by atoms with Gasteiger partial charge in [0.25, 0.3) is 0 Å². The Morgan fingerprint density at radius 3 is 2.95 bits per heavy atom. The van der Waals surface area contributed by atoms with Crippen molar-refractivity contribution in [3.8, 4) is 0 Å². The van der Waals surface area contributed by atoms with E-state index in [1.54, 1.807) is 0 Å². The first-order chi connectivity index (χ1) is 9.01. The smallest absolute Gasteiger partial charge is 0.327 e. The Balaban J connectivity index is 2.07. The minimum absolute atomic E-state index is 0.206. The first-order valence-electron chi connectivity index (χ1n) is 5.74. The number of carbonyl (C=O) groups excluding carboxylic acids is 2. The summed E-state index contributed by atoms with van der Waals surface area (Å²) in [5.74, 6) is -0.665. The number of aliphatic hydroxyl groups is 2. The number of hydrogen-bond donors (Lipinski definition) is 4. The van der Waals surface area contributed by atoms with Crippen molar-refractivity contribution in [3.05, 3.63) is 24.0 Å². The fourth-order valence-corrected chi connectivity index (χ4v) is 1.97. The van der Waals surface area contributed by atoms with Crippen LogP contribution in [0.5, 0.6) is 0 Å². The lowest BCUT2D eigenvalue weighted by atomic mass is 10.2. The van der Waals surface area contributed by atoms with Crippen LogP contribution in [-0.4, -0.2) is 52.1 Å². The van der Waals surface area contributed by atoms with Crippen molar-refractivity contribution in [1.82, 2.24) is 10.2 Å². The van der Waals surface area contributed by atoms with Crippen molar-refractivity contribution in [2.24, 2.45) is 5.73 Å². The first kappa shape index (κ1) is 13.5. The second kappa shape index (κ2) is 5.39. The average Bonchev–Trinajstić information content (AvgIpc) is 2.69. The Kier molecular flexibility index (Phi) is 3.84. The number of nitrogens with two attached hydrogens (primary N) is 1. The molecule has 2 aliphatic heterocycles. The summed E-state index contributed by atoms with van der Waals surface area (Å²) >= 11 is 0. The summed E-state index contributed by atoms with van der Waals surface area (Å²) in [5, 5.41) is 21.0. The molecule has 104 valence electrons. The second-order valence-electron chi connectivity index (χ2n) is 4.27. The number of nitrogens with zero attached hydrogens (tertiary/aromatic N) is 1. The van der Waals surface area contributed by atoms with Gasteiger partial charge in [-0.2, -0.15) is 0 Å². The van der Waals surface area contributed by atoms with Gasteiger partial charge in [-0.25, -0.2) is 4.79 Å². The number of carbonyl (C=O) groups is 2. The highest BCUT2D eigenvalue weighted by molar-refractivity contribution is 5.89. The summed E-state index contributed by atoms with van der Waals surface area (Å²) in [6.45, 7) is -0.316. The molecule has 1 saturated heterocycles. The SMILES string of the molecule is NC(=O)/C=C1\C=CN([C@@H]2C[C@H](O)[C@@H](CO)O2)C(=O)N1. The van der Waals surface area contributed by atoms with Gasteiger partial charge in [0.15, 0.2) is 0 Å². The van der Waals surface area contributed by atoms with E-state index in [1.807, 2.05) is 0 Å². The van der Waals surface area contributed by atoms with Crippen LogP contribution in [0.3, 0.4) is 0 Å². The number of aliphatic hydroxyl groups excluding tert-OH is 2. The largest absolute Gasteiger partial charge is 0.394 e. The van der Waals surface area contributed by atoms with Crippen molar-refractivity contribution in [2.75, 3.05) is 6.61 Å². The molecule has 5 N–H and O–H groups in total. The summed E-state index contributed by atoms with van der Waals surface area (Å²) in [7, 11) is 0. The molecule has 0 spiro atoms. The normalized spacial score (nSPS) is 32.7.